The number of aromatic nitrogens is 2. The number of nitrogens with zero attached hydrogens (tertiary/aromatic N) is 4. The number of benzene rings is 2. The molecule has 2 aromatic carbocycles. The van der Waals surface area contributed by atoms with Gasteiger partial charge in [0.05, 0.1) is 23.2 Å². The Balaban J connectivity index is 1.70. The van der Waals surface area contributed by atoms with Crippen molar-refractivity contribution in [2.75, 3.05) is 30.3 Å². The van der Waals surface area contributed by atoms with E-state index in [9.17, 15) is 14.0 Å². The fraction of sp³-hybridized carbons (Fsp3) is 0.414. The SMILES string of the molecule is C=CC(=O)N1[C@H](C)CN(c2nc(=O)n3c4c(c(-c5ccc(F)cc5)c(Cl)cc24)SCC(OCCC)C3)C[C@@H]1C. The molecule has 1 unspecified atom stereocenters. The maximum absolute atomic E-state index is 13.8. The van der Waals surface area contributed by atoms with Crippen LogP contribution in [0.4, 0.5) is 10.2 Å². The average molecular weight is 571 g/mol. The Hall–Kier alpha value is -2.88. The third-order valence-corrected chi connectivity index (χ3v) is 8.81. The number of piperazine rings is 1. The van der Waals surface area contributed by atoms with Gasteiger partial charge in [-0.05, 0) is 50.1 Å². The Morgan fingerprint density at radius 2 is 1.92 bits per heavy atom. The maximum Gasteiger partial charge on any atom is 0.350 e. The molecular weight excluding hydrogens is 539 g/mol. The number of hydrogen-bond donors (Lipinski definition) is 0. The molecule has 0 aliphatic carbocycles. The first-order chi connectivity index (χ1) is 18.7. The van der Waals surface area contributed by atoms with Crippen molar-refractivity contribution in [2.24, 2.45) is 0 Å². The number of carbonyl (C=O) groups is 1. The van der Waals surface area contributed by atoms with Gasteiger partial charge < -0.3 is 14.5 Å². The Labute approximate surface area is 236 Å². The van der Waals surface area contributed by atoms with Crippen LogP contribution in [0.15, 0.2) is 52.7 Å². The first-order valence-corrected chi connectivity index (χ1v) is 14.6. The van der Waals surface area contributed by atoms with Crippen molar-refractivity contribution in [3.63, 3.8) is 0 Å². The van der Waals surface area contributed by atoms with Crippen LogP contribution in [0.25, 0.3) is 22.0 Å². The van der Waals surface area contributed by atoms with Crippen molar-refractivity contribution >= 4 is 46.0 Å². The van der Waals surface area contributed by atoms with Crippen LogP contribution in [-0.2, 0) is 16.1 Å². The molecule has 0 spiro atoms. The number of ether oxygens (including phenoxy) is 1. The highest BCUT2D eigenvalue weighted by molar-refractivity contribution is 7.99. The Bertz CT molecular complexity index is 1470. The highest BCUT2D eigenvalue weighted by atomic mass is 35.5. The molecule has 2 aliphatic heterocycles. The minimum absolute atomic E-state index is 0.108. The Kier molecular flexibility index (Phi) is 8.03. The minimum Gasteiger partial charge on any atom is -0.375 e. The number of rotatable bonds is 6. The van der Waals surface area contributed by atoms with E-state index in [0.29, 0.717) is 42.8 Å². The fourth-order valence-corrected chi connectivity index (χ4v) is 7.30. The molecule has 206 valence electrons. The van der Waals surface area contributed by atoms with Crippen LogP contribution in [0.5, 0.6) is 0 Å². The summed E-state index contributed by atoms with van der Waals surface area (Å²) in [6, 6.07) is 7.89. The first-order valence-electron chi connectivity index (χ1n) is 13.2. The second kappa shape index (κ2) is 11.3. The van der Waals surface area contributed by atoms with Crippen LogP contribution in [0.1, 0.15) is 27.2 Å². The molecule has 1 amide bonds. The molecule has 5 rings (SSSR count). The van der Waals surface area contributed by atoms with Crippen molar-refractivity contribution in [3.05, 3.63) is 64.3 Å². The molecule has 1 aromatic heterocycles. The molecule has 0 N–H and O–H groups in total. The molecule has 7 nitrogen and oxygen atoms in total. The third-order valence-electron chi connectivity index (χ3n) is 7.29. The number of anilines is 1. The van der Waals surface area contributed by atoms with Gasteiger partial charge >= 0.3 is 5.69 Å². The summed E-state index contributed by atoms with van der Waals surface area (Å²) in [5, 5.41) is 1.27. The summed E-state index contributed by atoms with van der Waals surface area (Å²) in [7, 11) is 0. The molecule has 2 aliphatic rings. The normalized spacial score (nSPS) is 21.2. The van der Waals surface area contributed by atoms with Gasteiger partial charge in [-0.25, -0.2) is 9.18 Å². The molecule has 10 heteroatoms. The highest BCUT2D eigenvalue weighted by Gasteiger charge is 2.34. The number of amides is 1. The number of carbonyl (C=O) groups excluding carboxylic acids is 1. The van der Waals surface area contributed by atoms with E-state index in [1.165, 1.54) is 18.2 Å². The number of halogens is 2. The third kappa shape index (κ3) is 5.19. The van der Waals surface area contributed by atoms with Crippen LogP contribution < -0.4 is 10.6 Å². The maximum atomic E-state index is 13.8. The van der Waals surface area contributed by atoms with E-state index in [4.69, 9.17) is 16.3 Å². The minimum atomic E-state index is -0.358. The molecule has 0 saturated carbocycles. The van der Waals surface area contributed by atoms with Crippen LogP contribution in [-0.4, -0.2) is 64.0 Å². The Morgan fingerprint density at radius 1 is 1.23 bits per heavy atom. The fourth-order valence-electron chi connectivity index (χ4n) is 5.65. The lowest BCUT2D eigenvalue weighted by Gasteiger charge is -2.44. The molecule has 0 bridgehead atoms. The largest absolute Gasteiger partial charge is 0.375 e. The van der Waals surface area contributed by atoms with Crippen LogP contribution in [0.3, 0.4) is 0 Å². The molecule has 1 saturated heterocycles. The molecule has 3 heterocycles. The Morgan fingerprint density at radius 3 is 2.56 bits per heavy atom. The zero-order chi connectivity index (χ0) is 27.8. The van der Waals surface area contributed by atoms with E-state index >= 15 is 0 Å². The summed E-state index contributed by atoms with van der Waals surface area (Å²) in [5.74, 6) is 0.745. The van der Waals surface area contributed by atoms with Gasteiger partial charge in [-0.2, -0.15) is 4.98 Å². The second-order valence-corrected chi connectivity index (χ2v) is 11.6. The van der Waals surface area contributed by atoms with Crippen molar-refractivity contribution < 1.29 is 13.9 Å². The smallest absolute Gasteiger partial charge is 0.350 e. The topological polar surface area (TPSA) is 67.7 Å². The van der Waals surface area contributed by atoms with Gasteiger partial charge in [-0.3, -0.25) is 9.36 Å². The zero-order valence-corrected chi connectivity index (χ0v) is 23.9. The van der Waals surface area contributed by atoms with E-state index < -0.39 is 0 Å². The van der Waals surface area contributed by atoms with Crippen LogP contribution >= 0.6 is 23.4 Å². The quantitative estimate of drug-likeness (QED) is 0.371. The lowest BCUT2D eigenvalue weighted by Crippen LogP contribution is -2.58. The molecule has 39 heavy (non-hydrogen) atoms. The lowest BCUT2D eigenvalue weighted by molar-refractivity contribution is -0.130. The second-order valence-electron chi connectivity index (χ2n) is 10.2. The number of thioether (sulfide) groups is 1. The summed E-state index contributed by atoms with van der Waals surface area (Å²) < 4.78 is 21.6. The van der Waals surface area contributed by atoms with Crippen molar-refractivity contribution in [1.29, 1.82) is 0 Å². The standard InChI is InChI=1S/C29H32ClFN4O3S/c1-5-11-38-21-15-34-26-22(12-23(30)25(27(26)39-16-21)19-7-9-20(31)10-8-19)28(32-29(34)37)33-13-17(3)35(18(4)14-33)24(36)6-2/h6-10,12,17-18,21H,2,5,11,13-16H2,1,3-4H3/t17-,18+,21?. The zero-order valence-electron chi connectivity index (χ0n) is 22.3. The van der Waals surface area contributed by atoms with Crippen LogP contribution in [0.2, 0.25) is 5.02 Å². The summed E-state index contributed by atoms with van der Waals surface area (Å²) in [6.45, 7) is 11.7. The predicted octanol–water partition coefficient (Wildman–Crippen LogP) is 5.37. The van der Waals surface area contributed by atoms with Gasteiger partial charge in [-0.15, -0.1) is 11.8 Å². The summed E-state index contributed by atoms with van der Waals surface area (Å²) in [4.78, 5) is 35.4. The van der Waals surface area contributed by atoms with Crippen LogP contribution in [0, 0.1) is 5.82 Å². The van der Waals surface area contributed by atoms with E-state index in [0.717, 1.165) is 33.3 Å². The monoisotopic (exact) mass is 570 g/mol. The van der Waals surface area contributed by atoms with Gasteiger partial charge in [0.15, 0.2) is 0 Å². The summed E-state index contributed by atoms with van der Waals surface area (Å²) in [5.41, 5.74) is 1.93. The van der Waals surface area contributed by atoms with Gasteiger partial charge in [0.1, 0.15) is 11.6 Å². The molecule has 3 aromatic rings. The summed E-state index contributed by atoms with van der Waals surface area (Å²) >= 11 is 8.57. The van der Waals surface area contributed by atoms with Gasteiger partial charge in [-0.1, -0.05) is 37.2 Å². The van der Waals surface area contributed by atoms with Gasteiger partial charge in [0.2, 0.25) is 5.91 Å². The van der Waals surface area contributed by atoms with Gasteiger partial charge in [0, 0.05) is 53.4 Å². The first kappa shape index (κ1) is 27.7. The molecule has 0 radical (unpaired) electrons. The van der Waals surface area contributed by atoms with E-state index in [1.54, 1.807) is 28.5 Å². The average Bonchev–Trinajstić information content (AvgIpc) is 3.10. The van der Waals surface area contributed by atoms with E-state index in [2.05, 4.69) is 23.4 Å². The molecule has 3 atom stereocenters. The van der Waals surface area contributed by atoms with Gasteiger partial charge in [0.25, 0.3) is 0 Å². The molecular formula is C29H32ClFN4O3S. The molecule has 1 fully saturated rings. The highest BCUT2D eigenvalue weighted by Crippen LogP contribution is 2.45. The van der Waals surface area contributed by atoms with Crippen molar-refractivity contribution in [3.8, 4) is 11.1 Å². The number of hydrogen-bond acceptors (Lipinski definition) is 6. The van der Waals surface area contributed by atoms with E-state index in [1.807, 2.05) is 24.8 Å². The summed E-state index contributed by atoms with van der Waals surface area (Å²) in [6.07, 6.45) is 2.03. The predicted molar refractivity (Wildman–Crippen MR) is 155 cm³/mol. The lowest BCUT2D eigenvalue weighted by atomic mass is 10.0. The van der Waals surface area contributed by atoms with Crippen molar-refractivity contribution in [1.82, 2.24) is 14.5 Å². The van der Waals surface area contributed by atoms with E-state index in [-0.39, 0.29) is 35.6 Å². The van der Waals surface area contributed by atoms with Crippen molar-refractivity contribution in [2.45, 2.75) is 56.8 Å².